The summed E-state index contributed by atoms with van der Waals surface area (Å²) in [5.41, 5.74) is 0. The monoisotopic (exact) mass is 298 g/mol. The van der Waals surface area contributed by atoms with Crippen molar-refractivity contribution in [3.05, 3.63) is 0 Å². The lowest BCUT2D eigenvalue weighted by molar-refractivity contribution is -0.142. The van der Waals surface area contributed by atoms with Crippen LogP contribution in [-0.2, 0) is 14.4 Å². The lowest BCUT2D eigenvalue weighted by Gasteiger charge is -2.37. The zero-order valence-corrected chi connectivity index (χ0v) is 11.5. The van der Waals surface area contributed by atoms with Crippen molar-refractivity contribution in [1.29, 1.82) is 0 Å². The van der Waals surface area contributed by atoms with E-state index in [-0.39, 0.29) is 25.4 Å². The molecule has 0 bridgehead atoms. The molecule has 0 saturated carbocycles. The van der Waals surface area contributed by atoms with Crippen LogP contribution in [-0.4, -0.2) is 77.5 Å². The van der Waals surface area contributed by atoms with Gasteiger partial charge in [-0.25, -0.2) is 4.79 Å². The molecule has 9 nitrogen and oxygen atoms in total. The third-order valence-corrected chi connectivity index (χ3v) is 3.53. The van der Waals surface area contributed by atoms with Gasteiger partial charge in [0, 0.05) is 39.1 Å². The highest BCUT2D eigenvalue weighted by Crippen LogP contribution is 2.13. The number of hydrogen-bond donors (Lipinski definition) is 3. The molecule has 0 spiro atoms. The second kappa shape index (κ2) is 6.42. The summed E-state index contributed by atoms with van der Waals surface area (Å²) in [5, 5.41) is 14.1. The van der Waals surface area contributed by atoms with Crippen LogP contribution in [0, 0.1) is 0 Å². The van der Waals surface area contributed by atoms with Crippen LogP contribution in [0.5, 0.6) is 0 Å². The largest absolute Gasteiger partial charge is 0.481 e. The van der Waals surface area contributed by atoms with E-state index < -0.39 is 30.4 Å². The molecular formula is C12H18N4O5. The predicted octanol–water partition coefficient (Wildman–Crippen LogP) is -1.80. The summed E-state index contributed by atoms with van der Waals surface area (Å²) in [6, 6.07) is -1.40. The molecule has 2 rings (SSSR count). The molecule has 1 unspecified atom stereocenters. The smallest absolute Gasteiger partial charge is 0.320 e. The molecule has 1 atom stereocenters. The first-order valence-corrected chi connectivity index (χ1v) is 6.81. The van der Waals surface area contributed by atoms with Crippen molar-refractivity contribution in [1.82, 2.24) is 20.4 Å². The lowest BCUT2D eigenvalue weighted by Crippen LogP contribution is -2.60. The maximum absolute atomic E-state index is 12.5. The number of hydrogen-bond acceptors (Lipinski definition) is 4. The van der Waals surface area contributed by atoms with Crippen molar-refractivity contribution in [3.8, 4) is 0 Å². The molecule has 9 heteroatoms. The molecule has 116 valence electrons. The third kappa shape index (κ3) is 3.61. The Balaban J connectivity index is 2.09. The van der Waals surface area contributed by atoms with E-state index in [1.165, 1.54) is 9.80 Å². The van der Waals surface area contributed by atoms with E-state index >= 15 is 0 Å². The van der Waals surface area contributed by atoms with Crippen molar-refractivity contribution in [2.24, 2.45) is 0 Å². The Bertz CT molecular complexity index is 467. The predicted molar refractivity (Wildman–Crippen MR) is 70.4 cm³/mol. The molecule has 2 heterocycles. The molecule has 2 aliphatic rings. The van der Waals surface area contributed by atoms with Gasteiger partial charge in [0.15, 0.2) is 0 Å². The average Bonchev–Trinajstić information content (AvgIpc) is 2.65. The summed E-state index contributed by atoms with van der Waals surface area (Å²) in [6.07, 6.45) is -0.224. The fraction of sp³-hybridized carbons (Fsp3) is 0.667. The van der Waals surface area contributed by atoms with E-state index in [9.17, 15) is 19.2 Å². The topological polar surface area (TPSA) is 119 Å². The molecule has 0 radical (unpaired) electrons. The Morgan fingerprint density at radius 3 is 2.57 bits per heavy atom. The van der Waals surface area contributed by atoms with Crippen molar-refractivity contribution in [2.75, 3.05) is 32.7 Å². The number of carbonyl (C=O) groups is 4. The Labute approximate surface area is 121 Å². The quantitative estimate of drug-likeness (QED) is 0.556. The molecule has 2 saturated heterocycles. The highest BCUT2D eigenvalue weighted by Gasteiger charge is 2.36. The number of nitrogens with one attached hydrogen (secondary N) is 2. The normalized spacial score (nSPS) is 23.1. The maximum Gasteiger partial charge on any atom is 0.320 e. The molecule has 2 fully saturated rings. The number of rotatable bonds is 2. The fourth-order valence-electron chi connectivity index (χ4n) is 2.45. The highest BCUT2D eigenvalue weighted by molar-refractivity contribution is 5.91. The van der Waals surface area contributed by atoms with Gasteiger partial charge in [-0.3, -0.25) is 14.4 Å². The minimum absolute atomic E-state index is 0.122. The number of urea groups is 1. The van der Waals surface area contributed by atoms with Gasteiger partial charge >= 0.3 is 12.0 Å². The minimum atomic E-state index is -1.14. The molecule has 4 amide bonds. The zero-order valence-electron chi connectivity index (χ0n) is 11.5. The highest BCUT2D eigenvalue weighted by atomic mass is 16.4. The Morgan fingerprint density at radius 1 is 1.14 bits per heavy atom. The van der Waals surface area contributed by atoms with Gasteiger partial charge in [0.2, 0.25) is 11.8 Å². The van der Waals surface area contributed by atoms with Gasteiger partial charge < -0.3 is 25.5 Å². The van der Waals surface area contributed by atoms with Gasteiger partial charge in [0.05, 0.1) is 6.42 Å². The number of carboxylic acid groups (broad SMARTS) is 1. The first kappa shape index (κ1) is 15.1. The molecular weight excluding hydrogens is 280 g/mol. The average molecular weight is 298 g/mol. The van der Waals surface area contributed by atoms with Crippen LogP contribution in [0.1, 0.15) is 12.8 Å². The summed E-state index contributed by atoms with van der Waals surface area (Å²) in [5.74, 6) is -1.72. The van der Waals surface area contributed by atoms with Gasteiger partial charge in [-0.2, -0.15) is 0 Å². The third-order valence-electron chi connectivity index (χ3n) is 3.53. The van der Waals surface area contributed by atoms with Crippen LogP contribution in [0.15, 0.2) is 0 Å². The second-order valence-corrected chi connectivity index (χ2v) is 4.97. The second-order valence-electron chi connectivity index (χ2n) is 4.97. The van der Waals surface area contributed by atoms with Crippen LogP contribution in [0.4, 0.5) is 4.79 Å². The summed E-state index contributed by atoms with van der Waals surface area (Å²) in [7, 11) is 0. The number of piperazine rings is 1. The van der Waals surface area contributed by atoms with Gasteiger partial charge in [-0.05, 0) is 0 Å². The van der Waals surface area contributed by atoms with Gasteiger partial charge in [0.25, 0.3) is 0 Å². The first-order valence-electron chi connectivity index (χ1n) is 6.81. The van der Waals surface area contributed by atoms with Gasteiger partial charge in [-0.15, -0.1) is 0 Å². The molecule has 0 aromatic rings. The van der Waals surface area contributed by atoms with Crippen molar-refractivity contribution in [2.45, 2.75) is 18.9 Å². The number of nitrogens with zero attached hydrogens (tertiary/aromatic N) is 2. The van der Waals surface area contributed by atoms with Crippen LogP contribution in [0.25, 0.3) is 0 Å². The van der Waals surface area contributed by atoms with E-state index in [0.29, 0.717) is 19.6 Å². The Hall–Kier alpha value is -2.32. The Kier molecular flexibility index (Phi) is 4.61. The Morgan fingerprint density at radius 2 is 1.86 bits per heavy atom. The zero-order chi connectivity index (χ0) is 15.4. The van der Waals surface area contributed by atoms with Gasteiger partial charge in [0.1, 0.15) is 6.04 Å². The molecule has 0 aliphatic carbocycles. The summed E-state index contributed by atoms with van der Waals surface area (Å²) in [4.78, 5) is 49.2. The maximum atomic E-state index is 12.5. The standard InChI is InChI=1S/C12H18N4O5/c17-9-1-4-15(5-2-13-9)12(21)16-6-3-14-11(20)8(16)7-10(18)19/h8H,1-7H2,(H,13,17)(H,14,20)(H,18,19). The van der Waals surface area contributed by atoms with Crippen LogP contribution >= 0.6 is 0 Å². The van der Waals surface area contributed by atoms with E-state index in [2.05, 4.69) is 10.6 Å². The summed E-state index contributed by atoms with van der Waals surface area (Å²) >= 11 is 0. The van der Waals surface area contributed by atoms with E-state index in [1.54, 1.807) is 0 Å². The molecule has 0 aromatic heterocycles. The van der Waals surface area contributed by atoms with Crippen LogP contribution in [0.2, 0.25) is 0 Å². The van der Waals surface area contributed by atoms with Gasteiger partial charge in [-0.1, -0.05) is 0 Å². The van der Waals surface area contributed by atoms with E-state index in [0.717, 1.165) is 0 Å². The minimum Gasteiger partial charge on any atom is -0.481 e. The molecule has 2 aliphatic heterocycles. The van der Waals surface area contributed by atoms with E-state index in [4.69, 9.17) is 5.11 Å². The number of carbonyl (C=O) groups excluding carboxylic acids is 3. The van der Waals surface area contributed by atoms with Crippen molar-refractivity contribution < 1.29 is 24.3 Å². The SMILES string of the molecule is O=C(O)CC1C(=O)NCCN1C(=O)N1CCNC(=O)CC1. The number of aliphatic carboxylic acids is 1. The molecule has 3 N–H and O–H groups in total. The van der Waals surface area contributed by atoms with E-state index in [1.807, 2.05) is 0 Å². The molecule has 21 heavy (non-hydrogen) atoms. The number of carboxylic acids is 1. The van der Waals surface area contributed by atoms with Crippen LogP contribution < -0.4 is 10.6 Å². The number of amides is 4. The summed E-state index contributed by atoms with van der Waals surface area (Å²) < 4.78 is 0. The van der Waals surface area contributed by atoms with Crippen LogP contribution in [0.3, 0.4) is 0 Å². The first-order chi connectivity index (χ1) is 9.99. The summed E-state index contributed by atoms with van der Waals surface area (Å²) in [6.45, 7) is 1.53. The fourth-order valence-corrected chi connectivity index (χ4v) is 2.45. The van der Waals surface area contributed by atoms with Crippen molar-refractivity contribution >= 4 is 23.8 Å². The lowest BCUT2D eigenvalue weighted by atomic mass is 10.1. The van der Waals surface area contributed by atoms with Crippen molar-refractivity contribution in [3.63, 3.8) is 0 Å². The molecule has 0 aromatic carbocycles.